The molecule has 1 aromatic rings. The van der Waals surface area contributed by atoms with E-state index >= 15 is 0 Å². The monoisotopic (exact) mass is 256 g/mol. The van der Waals surface area contributed by atoms with Crippen molar-refractivity contribution in [3.8, 4) is 0 Å². The van der Waals surface area contributed by atoms with Crippen molar-refractivity contribution < 1.29 is 0 Å². The zero-order valence-electron chi connectivity index (χ0n) is 7.37. The van der Waals surface area contributed by atoms with Crippen LogP contribution in [-0.4, -0.2) is 0 Å². The third-order valence-corrected chi connectivity index (χ3v) is 4.20. The second-order valence-corrected chi connectivity index (χ2v) is 5.50. The fraction of sp³-hybridized carbons (Fsp3) is 0.556. The van der Waals surface area contributed by atoms with Gasteiger partial charge < -0.3 is 0 Å². The van der Waals surface area contributed by atoms with Crippen molar-refractivity contribution in [2.75, 3.05) is 0 Å². The van der Waals surface area contributed by atoms with Crippen LogP contribution in [0.25, 0.3) is 0 Å². The van der Waals surface area contributed by atoms with E-state index in [1.807, 2.05) is 0 Å². The van der Waals surface area contributed by atoms with Crippen molar-refractivity contribution in [3.05, 3.63) is 19.3 Å². The van der Waals surface area contributed by atoms with Crippen molar-refractivity contribution in [1.82, 2.24) is 0 Å². The first-order valence-corrected chi connectivity index (χ1v) is 6.24. The average molecular weight is 258 g/mol. The van der Waals surface area contributed by atoms with Gasteiger partial charge in [-0.05, 0) is 12.8 Å². The van der Waals surface area contributed by atoms with Gasteiger partial charge in [-0.1, -0.05) is 54.6 Å². The minimum Gasteiger partial charge on any atom is -0.110 e. The van der Waals surface area contributed by atoms with Gasteiger partial charge in [-0.25, -0.2) is 0 Å². The molecule has 0 bridgehead atoms. The molecular formula is C9H11Cl3S. The molecule has 0 atom stereocenters. The van der Waals surface area contributed by atoms with Gasteiger partial charge in [0, 0.05) is 5.56 Å². The first-order chi connectivity index (χ1) is 6.16. The number of halogens is 3. The molecule has 0 amide bonds. The van der Waals surface area contributed by atoms with Crippen LogP contribution in [0.4, 0.5) is 0 Å². The highest BCUT2D eigenvalue weighted by atomic mass is 35.5. The summed E-state index contributed by atoms with van der Waals surface area (Å²) in [7, 11) is 0. The molecule has 4 heteroatoms. The van der Waals surface area contributed by atoms with E-state index in [0.717, 1.165) is 22.7 Å². The number of unbranched alkanes of at least 4 members (excludes halogenated alkanes) is 2. The van der Waals surface area contributed by atoms with Crippen LogP contribution in [0.3, 0.4) is 0 Å². The third-order valence-electron chi connectivity index (χ3n) is 1.88. The third kappa shape index (κ3) is 3.02. The molecule has 0 aliphatic heterocycles. The van der Waals surface area contributed by atoms with Crippen LogP contribution in [0.1, 0.15) is 31.7 Å². The summed E-state index contributed by atoms with van der Waals surface area (Å²) in [5.41, 5.74) is 1.02. The van der Waals surface area contributed by atoms with Crippen molar-refractivity contribution in [1.29, 1.82) is 0 Å². The molecule has 0 aliphatic rings. The van der Waals surface area contributed by atoms with Crippen LogP contribution < -0.4 is 0 Å². The number of rotatable bonds is 4. The maximum atomic E-state index is 5.99. The van der Waals surface area contributed by atoms with Gasteiger partial charge in [0.1, 0.15) is 4.34 Å². The summed E-state index contributed by atoms with van der Waals surface area (Å²) in [6.07, 6.45) is 4.48. The van der Waals surface area contributed by atoms with Crippen LogP contribution in [0, 0.1) is 0 Å². The predicted octanol–water partition coefficient (Wildman–Crippen LogP) is 5.44. The Morgan fingerprint density at radius 3 is 2.23 bits per heavy atom. The molecule has 0 saturated carbocycles. The lowest BCUT2D eigenvalue weighted by Crippen LogP contribution is -1.83. The van der Waals surface area contributed by atoms with Gasteiger partial charge in [-0.3, -0.25) is 0 Å². The van der Waals surface area contributed by atoms with Crippen molar-refractivity contribution in [2.24, 2.45) is 0 Å². The molecular weight excluding hydrogens is 247 g/mol. The fourth-order valence-corrected chi connectivity index (χ4v) is 3.14. The Labute approximate surface area is 97.8 Å². The molecule has 0 radical (unpaired) electrons. The first kappa shape index (κ1) is 11.6. The quantitative estimate of drug-likeness (QED) is 0.630. The molecule has 1 aromatic heterocycles. The molecule has 0 unspecified atom stereocenters. The molecule has 0 aromatic carbocycles. The number of hydrogen-bond donors (Lipinski definition) is 0. The average Bonchev–Trinajstić information content (AvgIpc) is 2.32. The van der Waals surface area contributed by atoms with Gasteiger partial charge in [0.05, 0.1) is 9.36 Å². The van der Waals surface area contributed by atoms with Gasteiger partial charge in [0.15, 0.2) is 0 Å². The molecule has 13 heavy (non-hydrogen) atoms. The summed E-state index contributed by atoms with van der Waals surface area (Å²) >= 11 is 19.2. The summed E-state index contributed by atoms with van der Waals surface area (Å²) in [6.45, 7) is 2.17. The Balaban J connectivity index is 2.64. The number of thiophene rings is 1. The van der Waals surface area contributed by atoms with Crippen LogP contribution in [0.15, 0.2) is 0 Å². The Morgan fingerprint density at radius 2 is 1.77 bits per heavy atom. The van der Waals surface area contributed by atoms with E-state index in [4.69, 9.17) is 34.8 Å². The zero-order chi connectivity index (χ0) is 9.84. The maximum absolute atomic E-state index is 5.99. The van der Waals surface area contributed by atoms with Gasteiger partial charge in [0.25, 0.3) is 0 Å². The summed E-state index contributed by atoms with van der Waals surface area (Å²) in [4.78, 5) is 0. The molecule has 1 rings (SSSR count). The van der Waals surface area contributed by atoms with Crippen LogP contribution in [-0.2, 0) is 6.42 Å². The number of hydrogen-bond acceptors (Lipinski definition) is 1. The van der Waals surface area contributed by atoms with E-state index in [0.29, 0.717) is 9.36 Å². The van der Waals surface area contributed by atoms with E-state index < -0.39 is 0 Å². The standard InChI is InChI=1S/C9H11Cl3S/c1-2-3-4-5-6-7(10)9(12)13-8(6)11/h2-5H2,1H3. The summed E-state index contributed by atoms with van der Waals surface area (Å²) in [5.74, 6) is 0. The molecule has 0 fully saturated rings. The normalized spacial score (nSPS) is 10.8. The molecule has 74 valence electrons. The Morgan fingerprint density at radius 1 is 1.08 bits per heavy atom. The summed E-state index contributed by atoms with van der Waals surface area (Å²) in [5, 5.41) is 0.646. The van der Waals surface area contributed by atoms with Crippen LogP contribution in [0.2, 0.25) is 13.7 Å². The van der Waals surface area contributed by atoms with E-state index in [2.05, 4.69) is 6.92 Å². The molecule has 0 aliphatic carbocycles. The van der Waals surface area contributed by atoms with Gasteiger partial charge in [-0.15, -0.1) is 11.3 Å². The molecule has 0 nitrogen and oxygen atoms in total. The minimum absolute atomic E-state index is 0.609. The van der Waals surface area contributed by atoms with Crippen LogP contribution in [0.5, 0.6) is 0 Å². The Kier molecular flexibility index (Phi) is 4.88. The first-order valence-electron chi connectivity index (χ1n) is 4.29. The Bertz CT molecular complexity index is 281. The SMILES string of the molecule is CCCCCc1c(Cl)sc(Cl)c1Cl. The molecule has 0 N–H and O–H groups in total. The van der Waals surface area contributed by atoms with E-state index in [1.54, 1.807) is 0 Å². The topological polar surface area (TPSA) is 0 Å². The molecule has 1 heterocycles. The minimum atomic E-state index is 0.609. The lowest BCUT2D eigenvalue weighted by atomic mass is 10.1. The predicted molar refractivity (Wildman–Crippen MR) is 62.6 cm³/mol. The zero-order valence-corrected chi connectivity index (χ0v) is 10.5. The summed E-state index contributed by atoms with van der Waals surface area (Å²) in [6, 6.07) is 0. The van der Waals surface area contributed by atoms with E-state index in [1.165, 1.54) is 24.2 Å². The van der Waals surface area contributed by atoms with Crippen molar-refractivity contribution in [3.63, 3.8) is 0 Å². The van der Waals surface area contributed by atoms with E-state index in [9.17, 15) is 0 Å². The maximum Gasteiger partial charge on any atom is 0.113 e. The molecule has 0 saturated heterocycles. The summed E-state index contributed by atoms with van der Waals surface area (Å²) < 4.78 is 1.35. The second-order valence-electron chi connectivity index (χ2n) is 2.90. The highest BCUT2D eigenvalue weighted by Crippen LogP contribution is 2.40. The van der Waals surface area contributed by atoms with Gasteiger partial charge in [0.2, 0.25) is 0 Å². The highest BCUT2D eigenvalue weighted by molar-refractivity contribution is 7.20. The fourth-order valence-electron chi connectivity index (χ4n) is 1.15. The lowest BCUT2D eigenvalue weighted by molar-refractivity contribution is 0.719. The Hall–Kier alpha value is 0.570. The van der Waals surface area contributed by atoms with Gasteiger partial charge >= 0.3 is 0 Å². The van der Waals surface area contributed by atoms with Crippen molar-refractivity contribution >= 4 is 46.1 Å². The van der Waals surface area contributed by atoms with Gasteiger partial charge in [-0.2, -0.15) is 0 Å². The lowest BCUT2D eigenvalue weighted by Gasteiger charge is -1.98. The molecule has 0 spiro atoms. The van der Waals surface area contributed by atoms with E-state index in [-0.39, 0.29) is 0 Å². The second kappa shape index (κ2) is 5.45. The smallest absolute Gasteiger partial charge is 0.110 e. The van der Waals surface area contributed by atoms with Crippen molar-refractivity contribution in [2.45, 2.75) is 32.6 Å². The van der Waals surface area contributed by atoms with Crippen LogP contribution >= 0.6 is 46.1 Å². The largest absolute Gasteiger partial charge is 0.113 e. The highest BCUT2D eigenvalue weighted by Gasteiger charge is 2.12.